The van der Waals surface area contributed by atoms with Gasteiger partial charge in [-0.15, -0.1) is 0 Å². The molecule has 0 atom stereocenters. The van der Waals surface area contributed by atoms with Crippen LogP contribution in [0.4, 0.5) is 14.7 Å². The highest BCUT2D eigenvalue weighted by atomic mass is 19.2. The van der Waals surface area contributed by atoms with Crippen molar-refractivity contribution in [1.82, 2.24) is 25.6 Å². The van der Waals surface area contributed by atoms with Gasteiger partial charge in [0.2, 0.25) is 0 Å². The lowest BCUT2D eigenvalue weighted by Gasteiger charge is -2.02. The average molecular weight is 325 g/mol. The molecule has 23 heavy (non-hydrogen) atoms. The fraction of sp³-hybridized carbons (Fsp3) is 0.182. The second kappa shape index (κ2) is 6.64. The van der Waals surface area contributed by atoms with Gasteiger partial charge in [-0.25, -0.2) is 14.2 Å². The summed E-state index contributed by atoms with van der Waals surface area (Å²) in [7, 11) is 0. The van der Waals surface area contributed by atoms with Gasteiger partial charge in [-0.1, -0.05) is 4.80 Å². The molecule has 0 fully saturated rings. The predicted octanol–water partition coefficient (Wildman–Crippen LogP) is 0.665. The summed E-state index contributed by atoms with van der Waals surface area (Å²) in [5, 5.41) is 24.2. The van der Waals surface area contributed by atoms with Crippen LogP contribution in [-0.4, -0.2) is 36.7 Å². The molecule has 0 saturated heterocycles. The highest BCUT2D eigenvalue weighted by Gasteiger charge is 2.15. The summed E-state index contributed by atoms with van der Waals surface area (Å²) in [5.74, 6) is -3.64. The van der Waals surface area contributed by atoms with Crippen LogP contribution in [0.25, 0.3) is 0 Å². The van der Waals surface area contributed by atoms with E-state index in [1.54, 1.807) is 0 Å². The third kappa shape index (κ3) is 4.09. The normalized spacial score (nSPS) is 11.3. The number of hydrogen-bond acceptors (Lipinski definition) is 7. The van der Waals surface area contributed by atoms with Crippen LogP contribution in [-0.2, 0) is 6.54 Å². The standard InChI is InChI=1S/C11H9F2N7O3/c1-6(5-19-17-11(16-18-19)20(22)23)14-15-10(21)7-2-3-8(12)9(13)4-7/h2-4H,5H2,1H3,(H,15,21)/b14-6+. The first kappa shape index (κ1) is 16.1. The van der Waals surface area contributed by atoms with Crippen LogP contribution in [0.3, 0.4) is 0 Å². The molecule has 1 amide bonds. The van der Waals surface area contributed by atoms with Crippen LogP contribution in [0, 0.1) is 21.7 Å². The second-order valence-electron chi connectivity index (χ2n) is 4.29. The van der Waals surface area contributed by atoms with E-state index in [4.69, 9.17) is 0 Å². The quantitative estimate of drug-likeness (QED) is 0.488. The van der Waals surface area contributed by atoms with E-state index in [2.05, 4.69) is 25.9 Å². The summed E-state index contributed by atoms with van der Waals surface area (Å²) in [6, 6.07) is 2.65. The van der Waals surface area contributed by atoms with Gasteiger partial charge in [0.15, 0.2) is 11.6 Å². The van der Waals surface area contributed by atoms with E-state index in [0.29, 0.717) is 5.71 Å². The summed E-state index contributed by atoms with van der Waals surface area (Å²) < 4.78 is 25.8. The van der Waals surface area contributed by atoms with Crippen LogP contribution >= 0.6 is 0 Å². The van der Waals surface area contributed by atoms with E-state index in [1.807, 2.05) is 0 Å². The molecule has 1 heterocycles. The number of benzene rings is 1. The Labute approximate surface area is 126 Å². The Hall–Kier alpha value is -3.31. The van der Waals surface area contributed by atoms with Crippen LogP contribution in [0.5, 0.6) is 0 Å². The maximum atomic E-state index is 13.0. The number of hydrogen-bond donors (Lipinski definition) is 1. The molecule has 1 aromatic heterocycles. The van der Waals surface area contributed by atoms with Gasteiger partial charge in [0, 0.05) is 10.8 Å². The molecular weight excluding hydrogens is 316 g/mol. The zero-order valence-corrected chi connectivity index (χ0v) is 11.6. The van der Waals surface area contributed by atoms with Gasteiger partial charge in [0.1, 0.15) is 6.54 Å². The number of tetrazole rings is 1. The largest absolute Gasteiger partial charge is 0.514 e. The predicted molar refractivity (Wildman–Crippen MR) is 71.4 cm³/mol. The number of amides is 1. The molecule has 10 nitrogen and oxygen atoms in total. The van der Waals surface area contributed by atoms with Crippen molar-refractivity contribution in [2.45, 2.75) is 13.5 Å². The van der Waals surface area contributed by atoms with Crippen molar-refractivity contribution in [2.24, 2.45) is 5.10 Å². The number of carbonyl (C=O) groups excluding carboxylic acids is 1. The lowest BCUT2D eigenvalue weighted by Crippen LogP contribution is -2.21. The van der Waals surface area contributed by atoms with Gasteiger partial charge >= 0.3 is 5.95 Å². The van der Waals surface area contributed by atoms with Crippen molar-refractivity contribution in [1.29, 1.82) is 0 Å². The Morgan fingerprint density at radius 3 is 2.78 bits per heavy atom. The lowest BCUT2D eigenvalue weighted by atomic mass is 10.2. The van der Waals surface area contributed by atoms with Crippen molar-refractivity contribution < 1.29 is 18.5 Å². The summed E-state index contributed by atoms with van der Waals surface area (Å²) in [6.07, 6.45) is 0. The monoisotopic (exact) mass is 325 g/mol. The minimum atomic E-state index is -1.16. The van der Waals surface area contributed by atoms with Gasteiger partial charge in [0.05, 0.1) is 15.9 Å². The summed E-state index contributed by atoms with van der Waals surface area (Å²) in [5.41, 5.74) is 2.32. The molecule has 0 aliphatic carbocycles. The molecule has 0 radical (unpaired) electrons. The van der Waals surface area contributed by atoms with Crippen LogP contribution < -0.4 is 5.43 Å². The third-order valence-corrected chi connectivity index (χ3v) is 2.51. The summed E-state index contributed by atoms with van der Waals surface area (Å²) in [4.78, 5) is 22.2. The van der Waals surface area contributed by atoms with Crippen LogP contribution in [0.15, 0.2) is 23.3 Å². The number of aromatic nitrogens is 4. The van der Waals surface area contributed by atoms with E-state index in [0.717, 1.165) is 23.0 Å². The number of nitrogens with one attached hydrogen (secondary N) is 1. The number of nitro groups is 1. The Kier molecular flexibility index (Phi) is 4.64. The molecule has 0 spiro atoms. The fourth-order valence-corrected chi connectivity index (χ4v) is 1.46. The zero-order valence-electron chi connectivity index (χ0n) is 11.6. The lowest BCUT2D eigenvalue weighted by molar-refractivity contribution is -0.394. The molecule has 2 rings (SSSR count). The highest BCUT2D eigenvalue weighted by molar-refractivity contribution is 5.95. The number of halogens is 2. The Bertz CT molecular complexity index is 790. The molecule has 120 valence electrons. The summed E-state index contributed by atoms with van der Waals surface area (Å²) in [6.45, 7) is 1.44. The number of rotatable bonds is 5. The smallest absolute Gasteiger partial charge is 0.390 e. The molecule has 0 unspecified atom stereocenters. The Morgan fingerprint density at radius 1 is 1.43 bits per heavy atom. The second-order valence-corrected chi connectivity index (χ2v) is 4.29. The molecule has 1 N–H and O–H groups in total. The topological polar surface area (TPSA) is 128 Å². The number of nitrogens with zero attached hydrogens (tertiary/aromatic N) is 6. The van der Waals surface area contributed by atoms with Crippen molar-refractivity contribution in [3.05, 3.63) is 45.5 Å². The van der Waals surface area contributed by atoms with Crippen molar-refractivity contribution in [2.75, 3.05) is 0 Å². The van der Waals surface area contributed by atoms with Crippen molar-refractivity contribution in [3.63, 3.8) is 0 Å². The van der Waals surface area contributed by atoms with Gasteiger partial charge in [-0.2, -0.15) is 5.10 Å². The first-order chi connectivity index (χ1) is 10.9. The molecule has 0 aliphatic rings. The maximum absolute atomic E-state index is 13.0. The molecule has 0 saturated carbocycles. The number of carbonyl (C=O) groups is 1. The molecular formula is C11H9F2N7O3. The third-order valence-electron chi connectivity index (χ3n) is 2.51. The van der Waals surface area contributed by atoms with Gasteiger partial charge < -0.3 is 10.1 Å². The minimum Gasteiger partial charge on any atom is -0.390 e. The van der Waals surface area contributed by atoms with Crippen LogP contribution in [0.2, 0.25) is 0 Å². The first-order valence-electron chi connectivity index (χ1n) is 6.07. The maximum Gasteiger partial charge on any atom is 0.514 e. The molecule has 0 aliphatic heterocycles. The Morgan fingerprint density at radius 2 is 2.17 bits per heavy atom. The molecule has 2 aromatic rings. The molecule has 1 aromatic carbocycles. The SMILES string of the molecule is C/C(Cn1nnc([N+](=O)[O-])n1)=N\NC(=O)c1ccc(F)c(F)c1. The van der Waals surface area contributed by atoms with Crippen molar-refractivity contribution >= 4 is 17.6 Å². The fourth-order valence-electron chi connectivity index (χ4n) is 1.46. The minimum absolute atomic E-state index is 0.0566. The van der Waals surface area contributed by atoms with E-state index in [9.17, 15) is 23.7 Å². The van der Waals surface area contributed by atoms with E-state index in [1.165, 1.54) is 6.92 Å². The van der Waals surface area contributed by atoms with Gasteiger partial charge in [-0.3, -0.25) is 4.79 Å². The molecule has 0 bridgehead atoms. The van der Waals surface area contributed by atoms with Crippen molar-refractivity contribution in [3.8, 4) is 0 Å². The highest BCUT2D eigenvalue weighted by Crippen LogP contribution is 2.08. The van der Waals surface area contributed by atoms with E-state index < -0.39 is 28.4 Å². The zero-order chi connectivity index (χ0) is 17.0. The Balaban J connectivity index is 1.99. The molecule has 12 heteroatoms. The number of hydrazone groups is 1. The van der Waals surface area contributed by atoms with E-state index in [-0.39, 0.29) is 12.1 Å². The van der Waals surface area contributed by atoms with Crippen LogP contribution in [0.1, 0.15) is 17.3 Å². The van der Waals surface area contributed by atoms with Gasteiger partial charge in [-0.05, 0) is 30.0 Å². The summed E-state index contributed by atoms with van der Waals surface area (Å²) >= 11 is 0. The average Bonchev–Trinajstić information content (AvgIpc) is 2.96. The van der Waals surface area contributed by atoms with E-state index >= 15 is 0 Å². The van der Waals surface area contributed by atoms with Gasteiger partial charge in [0.25, 0.3) is 5.91 Å². The first-order valence-corrected chi connectivity index (χ1v) is 6.07.